The minimum atomic E-state index is -5.62. The van der Waals surface area contributed by atoms with E-state index in [0.717, 1.165) is 0 Å². The Kier molecular flexibility index (Phi) is 10.2. The monoisotopic (exact) mass is 321 g/mol. The molecule has 0 heterocycles. The van der Waals surface area contributed by atoms with E-state index < -0.39 is 28.1 Å². The van der Waals surface area contributed by atoms with Crippen molar-refractivity contribution in [3.8, 4) is 0 Å². The normalized spacial score (nSPS) is 10.6. The van der Waals surface area contributed by atoms with Crippen LogP contribution in [0.3, 0.4) is 0 Å². The zero-order valence-corrected chi connectivity index (χ0v) is 8.63. The van der Waals surface area contributed by atoms with Gasteiger partial charge in [0.2, 0.25) is 0 Å². The van der Waals surface area contributed by atoms with E-state index in [2.05, 4.69) is 0 Å². The third-order valence-corrected chi connectivity index (χ3v) is 0. The number of hydrogen-bond donors (Lipinski definition) is 3. The van der Waals surface area contributed by atoms with Crippen LogP contribution in [0.25, 0.3) is 0 Å². The molecule has 1 radical (unpaired) electrons. The first-order valence-corrected chi connectivity index (χ1v) is 6.77. The Morgan fingerprint density at radius 3 is 1.18 bits per heavy atom. The second-order valence-electron chi connectivity index (χ2n) is 0.916. The number of rotatable bonds is 0. The van der Waals surface area contributed by atoms with Gasteiger partial charge in [0.15, 0.2) is 0 Å². The summed E-state index contributed by atoms with van der Waals surface area (Å²) in [5, 5.41) is 0. The van der Waals surface area contributed by atoms with Crippen molar-refractivity contribution in [2.45, 2.75) is 0 Å². The molecule has 8 nitrogen and oxygen atoms in total. The van der Waals surface area contributed by atoms with Crippen LogP contribution in [0, 0.1) is 0 Å². The third-order valence-electron chi connectivity index (χ3n) is 0. The summed E-state index contributed by atoms with van der Waals surface area (Å²) >= 11 is -10.9. The van der Waals surface area contributed by atoms with Gasteiger partial charge >= 0.3 is 77.1 Å². The van der Waals surface area contributed by atoms with Gasteiger partial charge in [0, 0.05) is 0 Å². The summed E-state index contributed by atoms with van der Waals surface area (Å²) in [7, 11) is 0. The summed E-state index contributed by atoms with van der Waals surface area (Å²) in [6.07, 6.45) is 0. The van der Waals surface area contributed by atoms with Crippen molar-refractivity contribution in [2.75, 3.05) is 0 Å². The number of hydrogen-bond acceptors (Lipinski definition) is 5. The molecule has 0 amide bonds. The quantitative estimate of drug-likeness (QED) is 0.375. The maximum absolute atomic E-state index is 8.82. The molecule has 0 saturated carbocycles. The van der Waals surface area contributed by atoms with Crippen LogP contribution < -0.4 is 8.19 Å². The van der Waals surface area contributed by atoms with E-state index in [4.69, 9.17) is 31.9 Å². The predicted octanol–water partition coefficient (Wildman–Crippen LogP) is -4.79. The van der Waals surface area contributed by atoms with Crippen LogP contribution in [0.5, 0.6) is 0 Å². The maximum atomic E-state index is 8.82. The second kappa shape index (κ2) is 6.34. The van der Waals surface area contributed by atoms with Crippen molar-refractivity contribution in [1.82, 2.24) is 0 Å². The van der Waals surface area contributed by atoms with Crippen molar-refractivity contribution < 1.29 is 62.6 Å². The van der Waals surface area contributed by atoms with E-state index in [1.165, 1.54) is 0 Å². The zero-order chi connectivity index (χ0) is 9.00. The fraction of sp³-hybridized carbons (Fsp3) is 0. The summed E-state index contributed by atoms with van der Waals surface area (Å²) in [5.74, 6) is 0. The first-order chi connectivity index (χ1) is 4.00. The second-order valence-corrected chi connectivity index (χ2v) is 4.28. The predicted molar refractivity (Wildman–Crippen MR) is 14.5 cm³/mol. The molecule has 0 aromatic rings. The molecule has 0 atom stereocenters. The van der Waals surface area contributed by atoms with E-state index in [1.54, 1.807) is 0 Å². The fourth-order valence-corrected chi connectivity index (χ4v) is 0. The van der Waals surface area contributed by atoms with Crippen molar-refractivity contribution in [3.63, 3.8) is 0 Å². The summed E-state index contributed by atoms with van der Waals surface area (Å²) in [6, 6.07) is 0. The first kappa shape index (κ1) is 17.8. The van der Waals surface area contributed by atoms with E-state index in [1.807, 2.05) is 0 Å². The third kappa shape index (κ3) is 1280. The molecule has 0 unspecified atom stereocenters. The van der Waals surface area contributed by atoms with Gasteiger partial charge in [0.25, 0.3) is 0 Å². The Morgan fingerprint density at radius 1 is 1.18 bits per heavy atom. The topological polar surface area (TPSA) is 158 Å². The van der Waals surface area contributed by atoms with Gasteiger partial charge in [-0.2, -0.15) is 0 Å². The zero-order valence-electron chi connectivity index (χ0n) is 4.54. The molecular weight excluding hydrogens is 318 g/mol. The Bertz CT molecular complexity index is 192. The summed E-state index contributed by atoms with van der Waals surface area (Å²) in [4.78, 5) is 0. The van der Waals surface area contributed by atoms with Gasteiger partial charge in [-0.25, -0.2) is 0 Å². The standard InChI is InChI=1S/AsH3O4.Cr.Cu.2H2O.2O/c2-1(3,4)5;;;;;;/h(H3,2,3,4,5);;;2*1H2;;/q;2*+2;;;;/p-4. The SMILES string of the molecule is O=[As]([O-])([O-])O.[Cu+2].[O]=[Cr](=[O])([OH])[OH]. The van der Waals surface area contributed by atoms with Crippen LogP contribution in [0.4, 0.5) is 0 Å². The molecule has 0 aromatic carbocycles. The molecule has 3 N–H and O–H groups in total. The molecule has 0 saturated heterocycles. The van der Waals surface area contributed by atoms with Gasteiger partial charge in [0.1, 0.15) is 0 Å². The Hall–Kier alpha value is 0.810. The molecule has 11 heavy (non-hydrogen) atoms. The van der Waals surface area contributed by atoms with E-state index in [-0.39, 0.29) is 17.1 Å². The molecule has 0 aliphatic heterocycles. The van der Waals surface area contributed by atoms with Gasteiger partial charge in [-0.15, -0.1) is 0 Å². The van der Waals surface area contributed by atoms with Crippen LogP contribution in [0.2, 0.25) is 0 Å². The average Bonchev–Trinajstić information content (AvgIpc) is 1.12. The van der Waals surface area contributed by atoms with Crippen LogP contribution in [-0.4, -0.2) is 26.9 Å². The molecule has 0 aliphatic carbocycles. The van der Waals surface area contributed by atoms with Crippen molar-refractivity contribution in [2.24, 2.45) is 0 Å². The molecular formula is H3AsCrCuO8. The Balaban J connectivity index is -0.000000107. The van der Waals surface area contributed by atoms with Gasteiger partial charge in [-0.05, 0) is 0 Å². The van der Waals surface area contributed by atoms with Crippen LogP contribution in [-0.2, 0) is 42.0 Å². The van der Waals surface area contributed by atoms with Crippen molar-refractivity contribution in [1.29, 1.82) is 0 Å². The van der Waals surface area contributed by atoms with Crippen LogP contribution in [0.15, 0.2) is 0 Å². The van der Waals surface area contributed by atoms with Gasteiger partial charge < -0.3 is 0 Å². The molecule has 0 aliphatic rings. The van der Waals surface area contributed by atoms with Gasteiger partial charge in [-0.3, -0.25) is 0 Å². The molecule has 0 rings (SSSR count). The molecule has 0 bridgehead atoms. The average molecular weight is 321 g/mol. The van der Waals surface area contributed by atoms with E-state index in [0.29, 0.717) is 0 Å². The first-order valence-electron chi connectivity index (χ1n) is 1.45. The molecule has 11 heteroatoms. The van der Waals surface area contributed by atoms with E-state index >= 15 is 0 Å². The fourth-order valence-electron chi connectivity index (χ4n) is 0. The van der Waals surface area contributed by atoms with Gasteiger partial charge in [0.05, 0.1) is 0 Å². The molecule has 0 spiro atoms. The molecule has 0 fully saturated rings. The minimum absolute atomic E-state index is 0. The van der Waals surface area contributed by atoms with Crippen LogP contribution in [0.1, 0.15) is 0 Å². The Morgan fingerprint density at radius 2 is 1.18 bits per heavy atom. The van der Waals surface area contributed by atoms with E-state index in [9.17, 15) is 0 Å². The van der Waals surface area contributed by atoms with Crippen molar-refractivity contribution >= 4 is 14.5 Å². The molecule has 0 aromatic heterocycles. The van der Waals surface area contributed by atoms with Gasteiger partial charge in [-0.1, -0.05) is 0 Å². The van der Waals surface area contributed by atoms with Crippen LogP contribution >= 0.6 is 0 Å². The molecule has 73 valence electrons. The Labute approximate surface area is 77.1 Å². The van der Waals surface area contributed by atoms with Crippen molar-refractivity contribution in [3.05, 3.63) is 0 Å². The summed E-state index contributed by atoms with van der Waals surface area (Å²) in [5.41, 5.74) is 0. The summed E-state index contributed by atoms with van der Waals surface area (Å²) < 4.78 is 65.1. The summed E-state index contributed by atoms with van der Waals surface area (Å²) in [6.45, 7) is 0.